The molecule has 0 heterocycles. The third-order valence-electron chi connectivity index (χ3n) is 4.51. The highest BCUT2D eigenvalue weighted by molar-refractivity contribution is 6.44. The minimum atomic E-state index is -0.978. The Morgan fingerprint density at radius 1 is 0.833 bits per heavy atom. The Bertz CT molecular complexity index is 1280. The zero-order valence-corrected chi connectivity index (χ0v) is 20.6. The second-order valence-electron chi connectivity index (χ2n) is 7.06. The molecular weight excluding hydrogens is 507 g/mol. The van der Waals surface area contributed by atoms with E-state index in [4.69, 9.17) is 32.7 Å². The van der Waals surface area contributed by atoms with Crippen LogP contribution in [0.25, 0.3) is 0 Å². The number of hydrazone groups is 1. The first-order valence-corrected chi connectivity index (χ1v) is 11.5. The van der Waals surface area contributed by atoms with Crippen molar-refractivity contribution in [2.45, 2.75) is 6.92 Å². The van der Waals surface area contributed by atoms with Gasteiger partial charge in [0.2, 0.25) is 0 Å². The molecule has 3 rings (SSSR count). The van der Waals surface area contributed by atoms with E-state index in [0.29, 0.717) is 40.1 Å². The van der Waals surface area contributed by atoms with Gasteiger partial charge in [0.1, 0.15) is 11.5 Å². The van der Waals surface area contributed by atoms with Crippen molar-refractivity contribution in [3.05, 3.63) is 82.3 Å². The Hall–Kier alpha value is -4.08. The standard InChI is InChI=1S/C25H22Cl2N4O5/c1-2-35-21-13-6-4-10-18(21)30-24(33)25(34)31-28-14-16-8-3-5-12-20(16)36-15-22(32)29-19-11-7-9-17(26)23(19)27/h3-14H,2,15H2,1H3,(H,29,32)(H,30,33)(H,31,34)/b28-14-. The van der Waals surface area contributed by atoms with Crippen LogP contribution in [-0.2, 0) is 14.4 Å². The summed E-state index contributed by atoms with van der Waals surface area (Å²) >= 11 is 12.0. The van der Waals surface area contributed by atoms with Crippen LogP contribution in [0.15, 0.2) is 71.8 Å². The number of halogens is 2. The fourth-order valence-corrected chi connectivity index (χ4v) is 3.24. The number of anilines is 2. The van der Waals surface area contributed by atoms with E-state index in [1.807, 2.05) is 6.92 Å². The normalized spacial score (nSPS) is 10.5. The molecule has 0 aromatic heterocycles. The van der Waals surface area contributed by atoms with Gasteiger partial charge in [-0.05, 0) is 43.3 Å². The molecule has 0 radical (unpaired) electrons. The van der Waals surface area contributed by atoms with E-state index < -0.39 is 17.7 Å². The Kier molecular flexibility index (Phi) is 9.67. The Balaban J connectivity index is 1.56. The number of benzene rings is 3. The number of nitrogens with one attached hydrogen (secondary N) is 3. The number of nitrogens with zero attached hydrogens (tertiary/aromatic N) is 1. The highest BCUT2D eigenvalue weighted by atomic mass is 35.5. The van der Waals surface area contributed by atoms with Crippen molar-refractivity contribution in [1.82, 2.24) is 5.43 Å². The summed E-state index contributed by atoms with van der Waals surface area (Å²) in [5.74, 6) is -1.58. The molecular formula is C25H22Cl2N4O5. The lowest BCUT2D eigenvalue weighted by Crippen LogP contribution is -2.32. The molecule has 0 aliphatic rings. The van der Waals surface area contributed by atoms with Gasteiger partial charge in [0.05, 0.1) is 34.2 Å². The maximum Gasteiger partial charge on any atom is 0.329 e. The molecule has 0 aliphatic carbocycles. The van der Waals surface area contributed by atoms with E-state index in [9.17, 15) is 14.4 Å². The average Bonchev–Trinajstić information content (AvgIpc) is 2.87. The lowest BCUT2D eigenvalue weighted by atomic mass is 10.2. The topological polar surface area (TPSA) is 118 Å². The maximum absolute atomic E-state index is 12.3. The SMILES string of the molecule is CCOc1ccccc1NC(=O)C(=O)N/N=C\c1ccccc1OCC(=O)Nc1cccc(Cl)c1Cl. The van der Waals surface area contributed by atoms with Gasteiger partial charge in [-0.3, -0.25) is 14.4 Å². The Labute approximate surface area is 217 Å². The van der Waals surface area contributed by atoms with Crippen LogP contribution < -0.4 is 25.5 Å². The first-order chi connectivity index (χ1) is 17.4. The van der Waals surface area contributed by atoms with Crippen molar-refractivity contribution in [3.63, 3.8) is 0 Å². The van der Waals surface area contributed by atoms with Crippen LogP contribution in [0.5, 0.6) is 11.5 Å². The molecule has 3 aromatic rings. The lowest BCUT2D eigenvalue weighted by Gasteiger charge is -2.11. The van der Waals surface area contributed by atoms with Gasteiger partial charge in [0, 0.05) is 5.56 Å². The molecule has 0 saturated carbocycles. The summed E-state index contributed by atoms with van der Waals surface area (Å²) in [6.45, 7) is 1.89. The van der Waals surface area contributed by atoms with Gasteiger partial charge < -0.3 is 20.1 Å². The third-order valence-corrected chi connectivity index (χ3v) is 5.33. The summed E-state index contributed by atoms with van der Waals surface area (Å²) < 4.78 is 11.0. The highest BCUT2D eigenvalue weighted by Gasteiger charge is 2.15. The van der Waals surface area contributed by atoms with Crippen LogP contribution in [0.4, 0.5) is 11.4 Å². The first kappa shape index (κ1) is 26.5. The smallest absolute Gasteiger partial charge is 0.329 e. The van der Waals surface area contributed by atoms with Crippen molar-refractivity contribution in [1.29, 1.82) is 0 Å². The minimum absolute atomic E-state index is 0.223. The number of hydrogen-bond acceptors (Lipinski definition) is 6. The van der Waals surface area contributed by atoms with Gasteiger partial charge in [-0.25, -0.2) is 5.43 Å². The van der Waals surface area contributed by atoms with Crippen molar-refractivity contribution in [2.24, 2.45) is 5.10 Å². The maximum atomic E-state index is 12.3. The van der Waals surface area contributed by atoms with Gasteiger partial charge in [0.25, 0.3) is 5.91 Å². The van der Waals surface area contributed by atoms with Crippen LogP contribution >= 0.6 is 23.2 Å². The molecule has 3 N–H and O–H groups in total. The molecule has 0 atom stereocenters. The summed E-state index contributed by atoms with van der Waals surface area (Å²) in [4.78, 5) is 36.6. The van der Waals surface area contributed by atoms with Crippen LogP contribution in [0, 0.1) is 0 Å². The predicted octanol–water partition coefficient (Wildman–Crippen LogP) is 4.50. The average molecular weight is 529 g/mol. The summed E-state index contributed by atoms with van der Waals surface area (Å²) in [5.41, 5.74) is 3.34. The van der Waals surface area contributed by atoms with Crippen molar-refractivity contribution >= 4 is 58.5 Å². The molecule has 186 valence electrons. The number of para-hydroxylation sites is 3. The van der Waals surface area contributed by atoms with Gasteiger partial charge >= 0.3 is 11.8 Å². The zero-order valence-electron chi connectivity index (χ0n) is 19.1. The highest BCUT2D eigenvalue weighted by Crippen LogP contribution is 2.29. The van der Waals surface area contributed by atoms with E-state index in [1.165, 1.54) is 6.21 Å². The van der Waals surface area contributed by atoms with Crippen LogP contribution in [0.1, 0.15) is 12.5 Å². The van der Waals surface area contributed by atoms with Crippen LogP contribution in [0.3, 0.4) is 0 Å². The van der Waals surface area contributed by atoms with Gasteiger partial charge in [-0.1, -0.05) is 53.5 Å². The molecule has 9 nitrogen and oxygen atoms in total. The largest absolute Gasteiger partial charge is 0.492 e. The molecule has 0 bridgehead atoms. The molecule has 0 unspecified atom stereocenters. The summed E-state index contributed by atoms with van der Waals surface area (Å²) in [6, 6.07) is 18.3. The van der Waals surface area contributed by atoms with E-state index in [-0.39, 0.29) is 11.6 Å². The number of carbonyl (C=O) groups excluding carboxylic acids is 3. The van der Waals surface area contributed by atoms with Crippen LogP contribution in [-0.4, -0.2) is 37.1 Å². The molecule has 0 fully saturated rings. The van der Waals surface area contributed by atoms with Crippen molar-refractivity contribution in [3.8, 4) is 11.5 Å². The lowest BCUT2D eigenvalue weighted by molar-refractivity contribution is -0.136. The number of hydrogen-bond donors (Lipinski definition) is 3. The molecule has 11 heteroatoms. The monoisotopic (exact) mass is 528 g/mol. The van der Waals surface area contributed by atoms with Crippen LogP contribution in [0.2, 0.25) is 10.0 Å². The molecule has 3 aromatic carbocycles. The molecule has 0 aliphatic heterocycles. The van der Waals surface area contributed by atoms with E-state index in [2.05, 4.69) is 21.2 Å². The fourth-order valence-electron chi connectivity index (χ4n) is 2.89. The Morgan fingerprint density at radius 2 is 1.53 bits per heavy atom. The number of ether oxygens (including phenoxy) is 2. The van der Waals surface area contributed by atoms with Gasteiger partial charge in [-0.15, -0.1) is 0 Å². The minimum Gasteiger partial charge on any atom is -0.492 e. The van der Waals surface area contributed by atoms with Crippen molar-refractivity contribution < 1.29 is 23.9 Å². The van der Waals surface area contributed by atoms with Gasteiger partial charge in [-0.2, -0.15) is 5.10 Å². The summed E-state index contributed by atoms with van der Waals surface area (Å²) in [7, 11) is 0. The summed E-state index contributed by atoms with van der Waals surface area (Å²) in [5, 5.41) is 9.44. The second kappa shape index (κ2) is 13.1. The molecule has 0 saturated heterocycles. The number of rotatable bonds is 9. The van der Waals surface area contributed by atoms with E-state index in [1.54, 1.807) is 66.7 Å². The second-order valence-corrected chi connectivity index (χ2v) is 7.84. The molecule has 36 heavy (non-hydrogen) atoms. The first-order valence-electron chi connectivity index (χ1n) is 10.7. The fraction of sp³-hybridized carbons (Fsp3) is 0.120. The quantitative estimate of drug-likeness (QED) is 0.214. The number of carbonyl (C=O) groups is 3. The third kappa shape index (κ3) is 7.46. The molecule has 3 amide bonds. The molecule has 0 spiro atoms. The van der Waals surface area contributed by atoms with Crippen molar-refractivity contribution in [2.75, 3.05) is 23.8 Å². The predicted molar refractivity (Wildman–Crippen MR) is 139 cm³/mol. The Morgan fingerprint density at radius 3 is 2.31 bits per heavy atom. The summed E-state index contributed by atoms with van der Waals surface area (Å²) in [6.07, 6.45) is 1.29. The van der Waals surface area contributed by atoms with E-state index >= 15 is 0 Å². The van der Waals surface area contributed by atoms with Gasteiger partial charge in [0.15, 0.2) is 6.61 Å². The number of amides is 3. The zero-order chi connectivity index (χ0) is 25.9. The van der Waals surface area contributed by atoms with E-state index in [0.717, 1.165) is 0 Å².